The largest absolute Gasteiger partial charge is 0.483 e. The summed E-state index contributed by atoms with van der Waals surface area (Å²) in [5.74, 6) is 0.404. The summed E-state index contributed by atoms with van der Waals surface area (Å²) in [5.41, 5.74) is 2.38. The maximum absolute atomic E-state index is 12.0. The molecular formula is C16H14BrCl2NO2. The molecule has 0 aliphatic rings. The standard InChI is InChI=1S/C16H14BrCl2NO2/c1-9-5-11(17)6-10(2)16(9)22-8-15(21)20-14-7-12(18)3-4-13(14)19/h3-7H,8H2,1-2H3,(H,20,21). The lowest BCUT2D eigenvalue weighted by atomic mass is 10.1. The number of carbonyl (C=O) groups excluding carboxylic acids is 1. The summed E-state index contributed by atoms with van der Waals surface area (Å²) in [5, 5.41) is 3.61. The number of hydrogen-bond acceptors (Lipinski definition) is 2. The van der Waals surface area contributed by atoms with E-state index < -0.39 is 0 Å². The van der Waals surface area contributed by atoms with Gasteiger partial charge in [-0.05, 0) is 55.3 Å². The fourth-order valence-electron chi connectivity index (χ4n) is 2.04. The highest BCUT2D eigenvalue weighted by Crippen LogP contribution is 2.28. The van der Waals surface area contributed by atoms with Crippen LogP contribution in [0.5, 0.6) is 5.75 Å². The second kappa shape index (κ2) is 7.36. The van der Waals surface area contributed by atoms with Gasteiger partial charge in [0.1, 0.15) is 5.75 Å². The van der Waals surface area contributed by atoms with E-state index in [1.807, 2.05) is 26.0 Å². The first-order valence-electron chi connectivity index (χ1n) is 6.51. The average Bonchev–Trinajstić information content (AvgIpc) is 2.41. The second-order valence-electron chi connectivity index (χ2n) is 4.83. The van der Waals surface area contributed by atoms with Gasteiger partial charge in [-0.1, -0.05) is 39.1 Å². The van der Waals surface area contributed by atoms with Crippen molar-refractivity contribution in [2.24, 2.45) is 0 Å². The summed E-state index contributed by atoms with van der Waals surface area (Å²) < 4.78 is 6.59. The summed E-state index contributed by atoms with van der Waals surface area (Å²) in [6.45, 7) is 3.75. The number of halogens is 3. The van der Waals surface area contributed by atoms with E-state index in [1.54, 1.807) is 18.2 Å². The maximum atomic E-state index is 12.0. The van der Waals surface area contributed by atoms with Crippen LogP contribution < -0.4 is 10.1 Å². The van der Waals surface area contributed by atoms with Crippen LogP contribution in [0, 0.1) is 13.8 Å². The van der Waals surface area contributed by atoms with Gasteiger partial charge in [0, 0.05) is 9.50 Å². The lowest BCUT2D eigenvalue weighted by Crippen LogP contribution is -2.20. The van der Waals surface area contributed by atoms with Crippen LogP contribution in [-0.2, 0) is 4.79 Å². The fraction of sp³-hybridized carbons (Fsp3) is 0.188. The summed E-state index contributed by atoms with van der Waals surface area (Å²) in [6, 6.07) is 8.76. The molecule has 0 atom stereocenters. The van der Waals surface area contributed by atoms with Crippen molar-refractivity contribution < 1.29 is 9.53 Å². The number of nitrogens with one attached hydrogen (secondary N) is 1. The first kappa shape index (κ1) is 17.1. The normalized spacial score (nSPS) is 10.4. The van der Waals surface area contributed by atoms with Crippen LogP contribution in [0.25, 0.3) is 0 Å². The minimum absolute atomic E-state index is 0.105. The Labute approximate surface area is 147 Å². The maximum Gasteiger partial charge on any atom is 0.262 e. The molecule has 116 valence electrons. The van der Waals surface area contributed by atoms with Crippen LogP contribution in [0.1, 0.15) is 11.1 Å². The molecule has 1 N–H and O–H groups in total. The quantitative estimate of drug-likeness (QED) is 0.744. The Bertz CT molecular complexity index is 696. The fourth-order valence-corrected chi connectivity index (χ4v) is 3.07. The Morgan fingerprint density at radius 1 is 1.18 bits per heavy atom. The number of hydrogen-bond donors (Lipinski definition) is 1. The summed E-state index contributed by atoms with van der Waals surface area (Å²) in [7, 11) is 0. The van der Waals surface area contributed by atoms with Crippen molar-refractivity contribution in [2.75, 3.05) is 11.9 Å². The molecule has 3 nitrogen and oxygen atoms in total. The molecule has 0 bridgehead atoms. The molecule has 0 saturated heterocycles. The van der Waals surface area contributed by atoms with Crippen LogP contribution in [0.3, 0.4) is 0 Å². The van der Waals surface area contributed by atoms with Crippen molar-refractivity contribution in [2.45, 2.75) is 13.8 Å². The van der Waals surface area contributed by atoms with E-state index in [0.717, 1.165) is 15.6 Å². The van der Waals surface area contributed by atoms with Gasteiger partial charge in [-0.3, -0.25) is 4.79 Å². The third kappa shape index (κ3) is 4.38. The molecule has 2 aromatic carbocycles. The highest BCUT2D eigenvalue weighted by Gasteiger charge is 2.10. The van der Waals surface area contributed by atoms with Gasteiger partial charge in [-0.15, -0.1) is 0 Å². The molecule has 0 aliphatic carbocycles. The molecule has 0 fully saturated rings. The van der Waals surface area contributed by atoms with Crippen LogP contribution in [0.15, 0.2) is 34.8 Å². The molecule has 6 heteroatoms. The van der Waals surface area contributed by atoms with E-state index in [0.29, 0.717) is 21.5 Å². The molecule has 0 unspecified atom stereocenters. The summed E-state index contributed by atoms with van der Waals surface area (Å²) in [4.78, 5) is 12.0. The van der Waals surface area contributed by atoms with E-state index in [4.69, 9.17) is 27.9 Å². The minimum atomic E-state index is -0.300. The average molecular weight is 403 g/mol. The van der Waals surface area contributed by atoms with Gasteiger partial charge in [0.05, 0.1) is 10.7 Å². The van der Waals surface area contributed by atoms with Gasteiger partial charge in [-0.25, -0.2) is 0 Å². The van der Waals surface area contributed by atoms with Gasteiger partial charge in [0.2, 0.25) is 0 Å². The van der Waals surface area contributed by atoms with Crippen molar-refractivity contribution in [3.8, 4) is 5.75 Å². The number of amides is 1. The van der Waals surface area contributed by atoms with Crippen LogP contribution in [0.2, 0.25) is 10.0 Å². The van der Waals surface area contributed by atoms with Crippen LogP contribution >= 0.6 is 39.1 Å². The lowest BCUT2D eigenvalue weighted by molar-refractivity contribution is -0.118. The highest BCUT2D eigenvalue weighted by molar-refractivity contribution is 9.10. The van der Waals surface area contributed by atoms with E-state index in [2.05, 4.69) is 21.2 Å². The van der Waals surface area contributed by atoms with E-state index in [1.165, 1.54) is 0 Å². The number of carbonyl (C=O) groups is 1. The van der Waals surface area contributed by atoms with Gasteiger partial charge in [-0.2, -0.15) is 0 Å². The number of ether oxygens (including phenoxy) is 1. The predicted molar refractivity (Wildman–Crippen MR) is 94.2 cm³/mol. The number of benzene rings is 2. The van der Waals surface area contributed by atoms with Crippen molar-refractivity contribution in [1.29, 1.82) is 0 Å². The molecular weight excluding hydrogens is 389 g/mol. The van der Waals surface area contributed by atoms with Crippen molar-refractivity contribution in [3.05, 3.63) is 56.0 Å². The zero-order valence-electron chi connectivity index (χ0n) is 12.0. The Kier molecular flexibility index (Phi) is 5.73. The predicted octanol–water partition coefficient (Wildman–Crippen LogP) is 5.39. The van der Waals surface area contributed by atoms with Crippen LogP contribution in [-0.4, -0.2) is 12.5 Å². The van der Waals surface area contributed by atoms with E-state index in [-0.39, 0.29) is 12.5 Å². The first-order chi connectivity index (χ1) is 10.4. The summed E-state index contributed by atoms with van der Waals surface area (Å²) in [6.07, 6.45) is 0. The Balaban J connectivity index is 2.03. The number of rotatable bonds is 4. The Morgan fingerprint density at radius 3 is 2.45 bits per heavy atom. The van der Waals surface area contributed by atoms with Crippen molar-refractivity contribution in [1.82, 2.24) is 0 Å². The molecule has 1 amide bonds. The minimum Gasteiger partial charge on any atom is -0.483 e. The van der Waals surface area contributed by atoms with Crippen molar-refractivity contribution >= 4 is 50.7 Å². The number of anilines is 1. The second-order valence-corrected chi connectivity index (χ2v) is 6.59. The topological polar surface area (TPSA) is 38.3 Å². The summed E-state index contributed by atoms with van der Waals surface area (Å²) >= 11 is 15.3. The molecule has 0 aromatic heterocycles. The molecule has 22 heavy (non-hydrogen) atoms. The molecule has 2 aromatic rings. The van der Waals surface area contributed by atoms with Gasteiger partial charge < -0.3 is 10.1 Å². The molecule has 0 spiro atoms. The third-order valence-corrected chi connectivity index (χ3v) is 4.00. The molecule has 2 rings (SSSR count). The first-order valence-corrected chi connectivity index (χ1v) is 8.06. The Morgan fingerprint density at radius 2 is 1.82 bits per heavy atom. The molecule has 0 aliphatic heterocycles. The molecule has 0 heterocycles. The zero-order valence-corrected chi connectivity index (χ0v) is 15.1. The molecule has 0 saturated carbocycles. The number of aryl methyl sites for hydroxylation is 2. The van der Waals surface area contributed by atoms with Gasteiger partial charge in [0.15, 0.2) is 6.61 Å². The Hall–Kier alpha value is -1.23. The smallest absolute Gasteiger partial charge is 0.262 e. The SMILES string of the molecule is Cc1cc(Br)cc(C)c1OCC(=O)Nc1cc(Cl)ccc1Cl. The van der Waals surface area contributed by atoms with E-state index in [9.17, 15) is 4.79 Å². The van der Waals surface area contributed by atoms with Crippen LogP contribution in [0.4, 0.5) is 5.69 Å². The van der Waals surface area contributed by atoms with Crippen molar-refractivity contribution in [3.63, 3.8) is 0 Å². The molecule has 0 radical (unpaired) electrons. The van der Waals surface area contributed by atoms with Gasteiger partial charge in [0.25, 0.3) is 5.91 Å². The zero-order chi connectivity index (χ0) is 16.3. The van der Waals surface area contributed by atoms with E-state index >= 15 is 0 Å². The third-order valence-electron chi connectivity index (χ3n) is 2.98. The highest BCUT2D eigenvalue weighted by atomic mass is 79.9. The van der Waals surface area contributed by atoms with Gasteiger partial charge >= 0.3 is 0 Å². The lowest BCUT2D eigenvalue weighted by Gasteiger charge is -2.13. The monoisotopic (exact) mass is 401 g/mol.